The highest BCUT2D eigenvalue weighted by Crippen LogP contribution is 2.37. The third-order valence-corrected chi connectivity index (χ3v) is 5.16. The van der Waals surface area contributed by atoms with Crippen molar-refractivity contribution in [1.29, 1.82) is 0 Å². The number of ketones is 2. The molecular formula is C24H27NO3. The average Bonchev–Trinajstić information content (AvgIpc) is 2.71. The first-order valence-electron chi connectivity index (χ1n) is 10.0. The maximum absolute atomic E-state index is 12.2. The minimum absolute atomic E-state index is 0.124. The lowest BCUT2D eigenvalue weighted by atomic mass is 9.85. The smallest absolute Gasteiger partial charge is 0.233 e. The Balaban J connectivity index is 1.97. The summed E-state index contributed by atoms with van der Waals surface area (Å²) in [6.07, 6.45) is 5.77. The van der Waals surface area contributed by atoms with Gasteiger partial charge in [0, 0.05) is 36.0 Å². The van der Waals surface area contributed by atoms with Gasteiger partial charge in [-0.15, -0.1) is 0 Å². The molecule has 3 rings (SSSR count). The number of carbonyl (C=O) groups excluding carboxylic acids is 2. The number of rotatable bonds is 8. The molecule has 1 aliphatic rings. The second-order valence-electron chi connectivity index (χ2n) is 7.19. The largest absolute Gasteiger partial charge is 0.507 e. The molecule has 4 nitrogen and oxygen atoms in total. The number of allylic oxidation sites excluding steroid dienone is 1. The van der Waals surface area contributed by atoms with Gasteiger partial charge in [-0.1, -0.05) is 51.0 Å². The molecule has 0 radical (unpaired) electrons. The molecule has 0 saturated heterocycles. The van der Waals surface area contributed by atoms with E-state index in [9.17, 15) is 14.7 Å². The fourth-order valence-corrected chi connectivity index (χ4v) is 3.56. The summed E-state index contributed by atoms with van der Waals surface area (Å²) in [5.41, 5.74) is 3.22. The third kappa shape index (κ3) is 4.01. The monoisotopic (exact) mass is 377 g/mol. The highest BCUT2D eigenvalue weighted by Gasteiger charge is 2.27. The van der Waals surface area contributed by atoms with Crippen molar-refractivity contribution in [2.75, 3.05) is 18.0 Å². The van der Waals surface area contributed by atoms with Crippen LogP contribution < -0.4 is 4.90 Å². The molecule has 2 aromatic carbocycles. The number of hydrogen-bond donors (Lipinski definition) is 1. The Morgan fingerprint density at radius 2 is 1.50 bits per heavy atom. The molecule has 146 valence electrons. The fraction of sp³-hybridized carbons (Fsp3) is 0.333. The van der Waals surface area contributed by atoms with E-state index in [-0.39, 0.29) is 5.75 Å². The number of anilines is 1. The highest BCUT2D eigenvalue weighted by molar-refractivity contribution is 6.51. The van der Waals surface area contributed by atoms with Crippen LogP contribution in [0.4, 0.5) is 5.69 Å². The van der Waals surface area contributed by atoms with Gasteiger partial charge in [0.15, 0.2) is 0 Å². The summed E-state index contributed by atoms with van der Waals surface area (Å²) < 4.78 is 0. The minimum Gasteiger partial charge on any atom is -0.507 e. The zero-order valence-electron chi connectivity index (χ0n) is 16.6. The summed E-state index contributed by atoms with van der Waals surface area (Å²) in [4.78, 5) is 26.6. The summed E-state index contributed by atoms with van der Waals surface area (Å²) >= 11 is 0. The first-order valence-corrected chi connectivity index (χ1v) is 10.0. The van der Waals surface area contributed by atoms with E-state index in [0.717, 1.165) is 44.5 Å². The second kappa shape index (κ2) is 8.87. The number of aromatic hydroxyl groups is 1. The van der Waals surface area contributed by atoms with E-state index in [1.807, 2.05) is 24.3 Å². The number of nitrogens with zero attached hydrogens (tertiary/aromatic N) is 1. The van der Waals surface area contributed by atoms with Gasteiger partial charge in [-0.05, 0) is 42.2 Å². The summed E-state index contributed by atoms with van der Waals surface area (Å²) in [5.74, 6) is -0.927. The van der Waals surface area contributed by atoms with Gasteiger partial charge >= 0.3 is 0 Å². The van der Waals surface area contributed by atoms with E-state index in [1.165, 1.54) is 6.08 Å². The zero-order chi connectivity index (χ0) is 20.1. The van der Waals surface area contributed by atoms with Gasteiger partial charge in [0.25, 0.3) is 0 Å². The zero-order valence-corrected chi connectivity index (χ0v) is 16.6. The van der Waals surface area contributed by atoms with Crippen molar-refractivity contribution >= 4 is 22.8 Å². The Bertz CT molecular complexity index is 906. The first kappa shape index (κ1) is 19.9. The van der Waals surface area contributed by atoms with E-state index >= 15 is 0 Å². The van der Waals surface area contributed by atoms with Crippen LogP contribution in [0.25, 0.3) is 5.57 Å². The van der Waals surface area contributed by atoms with E-state index in [2.05, 4.69) is 18.7 Å². The van der Waals surface area contributed by atoms with Crippen molar-refractivity contribution in [3.63, 3.8) is 0 Å². The summed E-state index contributed by atoms with van der Waals surface area (Å²) in [7, 11) is 0. The maximum atomic E-state index is 12.2. The van der Waals surface area contributed by atoms with E-state index in [0.29, 0.717) is 22.3 Å². The van der Waals surface area contributed by atoms with Crippen LogP contribution in [0.1, 0.15) is 61.0 Å². The summed E-state index contributed by atoms with van der Waals surface area (Å²) in [6, 6.07) is 12.7. The molecule has 0 aliphatic heterocycles. The van der Waals surface area contributed by atoms with Crippen molar-refractivity contribution in [2.45, 2.75) is 39.5 Å². The van der Waals surface area contributed by atoms with E-state index in [4.69, 9.17) is 0 Å². The van der Waals surface area contributed by atoms with Gasteiger partial charge < -0.3 is 10.0 Å². The molecule has 0 bridgehead atoms. The normalized spacial score (nSPS) is 13.3. The van der Waals surface area contributed by atoms with Crippen molar-refractivity contribution in [1.82, 2.24) is 0 Å². The molecule has 0 aromatic heterocycles. The molecule has 0 unspecified atom stereocenters. The molecule has 0 amide bonds. The number of phenolic OH excluding ortho intramolecular Hbond substituents is 1. The number of unbranched alkanes of at least 4 members (excludes halogenated alkanes) is 2. The van der Waals surface area contributed by atoms with Gasteiger partial charge in [-0.25, -0.2) is 0 Å². The predicted molar refractivity (Wildman–Crippen MR) is 113 cm³/mol. The van der Waals surface area contributed by atoms with Gasteiger partial charge in [-0.3, -0.25) is 9.59 Å². The van der Waals surface area contributed by atoms with E-state index < -0.39 is 11.6 Å². The molecule has 2 aromatic rings. The molecule has 4 heteroatoms. The topological polar surface area (TPSA) is 57.6 Å². The Morgan fingerprint density at radius 1 is 0.857 bits per heavy atom. The Hall–Kier alpha value is -2.88. The average molecular weight is 377 g/mol. The summed E-state index contributed by atoms with van der Waals surface area (Å²) in [5, 5.41) is 10.8. The lowest BCUT2D eigenvalue weighted by Crippen LogP contribution is -2.25. The van der Waals surface area contributed by atoms with Crippen molar-refractivity contribution in [3.05, 3.63) is 65.2 Å². The molecule has 28 heavy (non-hydrogen) atoms. The SMILES string of the molecule is CCCCN(CCCC)c1ccc(C2=CC(=O)C(=O)c3ccccc32)c(O)c1. The molecule has 0 heterocycles. The van der Waals surface area contributed by atoms with E-state index in [1.54, 1.807) is 18.2 Å². The first-order chi connectivity index (χ1) is 13.6. The standard InChI is InChI=1S/C24H27NO3/c1-3-5-13-25(14-6-4-2)17-11-12-19(22(26)15-17)21-16-23(27)24(28)20-10-8-7-9-18(20)21/h7-12,15-16,26H,3-6,13-14H2,1-2H3. The molecule has 0 spiro atoms. The van der Waals surface area contributed by atoms with Crippen LogP contribution in [-0.4, -0.2) is 29.8 Å². The number of benzene rings is 2. The lowest BCUT2D eigenvalue weighted by molar-refractivity contribution is -0.111. The molecule has 0 atom stereocenters. The van der Waals surface area contributed by atoms with Crippen molar-refractivity contribution in [2.24, 2.45) is 0 Å². The number of Topliss-reactive ketones (excluding diaryl/α,β-unsaturated/α-hetero) is 1. The van der Waals surface area contributed by atoms with Crippen LogP contribution in [0.5, 0.6) is 5.75 Å². The lowest BCUT2D eigenvalue weighted by Gasteiger charge is -2.26. The van der Waals surface area contributed by atoms with Crippen molar-refractivity contribution in [3.8, 4) is 5.75 Å². The van der Waals surface area contributed by atoms with Gasteiger partial charge in [0.2, 0.25) is 11.6 Å². The minimum atomic E-state index is -0.551. The fourth-order valence-electron chi connectivity index (χ4n) is 3.56. The predicted octanol–water partition coefficient (Wildman–Crippen LogP) is 5.00. The molecule has 1 aliphatic carbocycles. The molecule has 0 fully saturated rings. The van der Waals surface area contributed by atoms with Crippen LogP contribution >= 0.6 is 0 Å². The Morgan fingerprint density at radius 3 is 2.11 bits per heavy atom. The van der Waals surface area contributed by atoms with Crippen LogP contribution in [0.3, 0.4) is 0 Å². The number of carbonyl (C=O) groups is 2. The molecular weight excluding hydrogens is 350 g/mol. The van der Waals surface area contributed by atoms with Crippen LogP contribution in [0.2, 0.25) is 0 Å². The Kier molecular flexibility index (Phi) is 6.30. The number of fused-ring (bicyclic) bond motifs is 1. The maximum Gasteiger partial charge on any atom is 0.233 e. The Labute approximate surface area is 166 Å². The molecule has 1 N–H and O–H groups in total. The van der Waals surface area contributed by atoms with Crippen LogP contribution in [-0.2, 0) is 4.79 Å². The van der Waals surface area contributed by atoms with Gasteiger partial charge in [-0.2, -0.15) is 0 Å². The molecule has 0 saturated carbocycles. The highest BCUT2D eigenvalue weighted by atomic mass is 16.3. The quantitative estimate of drug-likeness (QED) is 0.658. The van der Waals surface area contributed by atoms with Crippen molar-refractivity contribution < 1.29 is 14.7 Å². The van der Waals surface area contributed by atoms with Gasteiger partial charge in [0.05, 0.1) is 0 Å². The summed E-state index contributed by atoms with van der Waals surface area (Å²) in [6.45, 7) is 6.25. The van der Waals surface area contributed by atoms with Crippen LogP contribution in [0.15, 0.2) is 48.5 Å². The third-order valence-electron chi connectivity index (χ3n) is 5.16. The van der Waals surface area contributed by atoms with Crippen LogP contribution in [0, 0.1) is 0 Å². The van der Waals surface area contributed by atoms with Gasteiger partial charge in [0.1, 0.15) is 5.75 Å². The number of phenols is 1. The number of hydrogen-bond acceptors (Lipinski definition) is 4. The second-order valence-corrected chi connectivity index (χ2v) is 7.19.